The smallest absolute Gasteiger partial charge is 0.465 e. The van der Waals surface area contributed by atoms with E-state index in [1.54, 1.807) is 22.6 Å². The first-order valence-corrected chi connectivity index (χ1v) is 5.33. The fourth-order valence-corrected chi connectivity index (χ4v) is 1.46. The molecular weight excluding hydrogens is 354 g/mol. The monoisotopic (exact) mass is 361 g/mol. The van der Waals surface area contributed by atoms with Crippen LogP contribution in [0.3, 0.4) is 0 Å². The zero-order chi connectivity index (χ0) is 13.2. The third-order valence-corrected chi connectivity index (χ3v) is 2.91. The van der Waals surface area contributed by atoms with Gasteiger partial charge in [0.1, 0.15) is 9.26 Å². The van der Waals surface area contributed by atoms with E-state index in [1.807, 2.05) is 0 Å². The average Bonchev–Trinajstić information content (AvgIpc) is 2.22. The summed E-state index contributed by atoms with van der Waals surface area (Å²) >= 11 is 1.74. The summed E-state index contributed by atoms with van der Waals surface area (Å²) in [5.41, 5.74) is -0.228. The molecule has 1 heterocycles. The molecular formula is C9H7F3INO3. The van der Waals surface area contributed by atoms with Crippen molar-refractivity contribution in [3.63, 3.8) is 0 Å². The molecule has 0 aliphatic rings. The van der Waals surface area contributed by atoms with Crippen molar-refractivity contribution in [1.82, 2.24) is 4.98 Å². The normalized spacial score (nSPS) is 11.2. The standard InChI is InChI=1S/C9H7F3INO3/c1-4-6(17-9(10,11)12)5(8(15)16-2)3-14-7(4)13/h3H,1-2H3. The van der Waals surface area contributed by atoms with E-state index in [1.165, 1.54) is 6.92 Å². The number of methoxy groups -OCH3 is 1. The molecule has 0 radical (unpaired) electrons. The number of aromatic nitrogens is 1. The molecule has 1 aromatic rings. The SMILES string of the molecule is COC(=O)c1cnc(I)c(C)c1OC(F)(F)F. The molecule has 0 aromatic carbocycles. The van der Waals surface area contributed by atoms with E-state index >= 15 is 0 Å². The van der Waals surface area contributed by atoms with E-state index in [2.05, 4.69) is 14.5 Å². The van der Waals surface area contributed by atoms with Crippen LogP contribution in [-0.2, 0) is 4.74 Å². The predicted octanol–water partition coefficient (Wildman–Crippen LogP) is 2.68. The van der Waals surface area contributed by atoms with Crippen LogP contribution in [0.1, 0.15) is 15.9 Å². The molecule has 0 saturated heterocycles. The van der Waals surface area contributed by atoms with Crippen molar-refractivity contribution in [2.24, 2.45) is 0 Å². The van der Waals surface area contributed by atoms with Crippen LogP contribution in [0.4, 0.5) is 13.2 Å². The van der Waals surface area contributed by atoms with Crippen LogP contribution in [0.5, 0.6) is 5.75 Å². The van der Waals surface area contributed by atoms with Gasteiger partial charge < -0.3 is 9.47 Å². The van der Waals surface area contributed by atoms with Crippen LogP contribution in [0.15, 0.2) is 6.20 Å². The first kappa shape index (κ1) is 14.0. The largest absolute Gasteiger partial charge is 0.573 e. The molecule has 1 aromatic heterocycles. The molecule has 17 heavy (non-hydrogen) atoms. The van der Waals surface area contributed by atoms with Gasteiger partial charge in [-0.05, 0) is 29.5 Å². The van der Waals surface area contributed by atoms with Crippen molar-refractivity contribution >= 4 is 28.6 Å². The molecule has 0 unspecified atom stereocenters. The third-order valence-electron chi connectivity index (χ3n) is 1.82. The van der Waals surface area contributed by atoms with Crippen LogP contribution in [0.2, 0.25) is 0 Å². The highest BCUT2D eigenvalue weighted by Crippen LogP contribution is 2.31. The molecule has 0 aliphatic heterocycles. The zero-order valence-electron chi connectivity index (χ0n) is 8.76. The minimum absolute atomic E-state index is 0.130. The lowest BCUT2D eigenvalue weighted by atomic mass is 10.2. The van der Waals surface area contributed by atoms with Crippen LogP contribution in [0, 0.1) is 10.6 Å². The molecule has 4 nitrogen and oxygen atoms in total. The van der Waals surface area contributed by atoms with Crippen LogP contribution >= 0.6 is 22.6 Å². The highest BCUT2D eigenvalue weighted by atomic mass is 127. The fourth-order valence-electron chi connectivity index (χ4n) is 1.07. The molecule has 0 amide bonds. The Morgan fingerprint density at radius 3 is 2.53 bits per heavy atom. The van der Waals surface area contributed by atoms with Crippen molar-refractivity contribution in [3.05, 3.63) is 21.0 Å². The first-order valence-electron chi connectivity index (χ1n) is 4.25. The molecule has 0 spiro atoms. The lowest BCUT2D eigenvalue weighted by Gasteiger charge is -2.14. The maximum atomic E-state index is 12.2. The third kappa shape index (κ3) is 3.45. The molecule has 0 fully saturated rings. The Bertz CT molecular complexity index is 448. The van der Waals surface area contributed by atoms with Crippen molar-refractivity contribution in [3.8, 4) is 5.75 Å². The molecule has 0 atom stereocenters. The topological polar surface area (TPSA) is 48.4 Å². The maximum absolute atomic E-state index is 12.2. The van der Waals surface area contributed by atoms with E-state index in [9.17, 15) is 18.0 Å². The molecule has 8 heteroatoms. The van der Waals surface area contributed by atoms with E-state index in [0.717, 1.165) is 13.3 Å². The van der Waals surface area contributed by atoms with Crippen molar-refractivity contribution in [1.29, 1.82) is 0 Å². The van der Waals surface area contributed by atoms with Gasteiger partial charge in [0, 0.05) is 11.8 Å². The van der Waals surface area contributed by atoms with Gasteiger partial charge in [-0.15, -0.1) is 13.2 Å². The number of carbonyl (C=O) groups excluding carboxylic acids is 1. The summed E-state index contributed by atoms with van der Waals surface area (Å²) in [4.78, 5) is 15.0. The quantitative estimate of drug-likeness (QED) is 0.462. The summed E-state index contributed by atoms with van der Waals surface area (Å²) < 4.78 is 45.1. The number of hydrogen-bond donors (Lipinski definition) is 0. The van der Waals surface area contributed by atoms with Gasteiger partial charge in [-0.3, -0.25) is 0 Å². The fraction of sp³-hybridized carbons (Fsp3) is 0.333. The summed E-state index contributed by atoms with van der Waals surface area (Å²) in [5.74, 6) is -1.51. The minimum Gasteiger partial charge on any atom is -0.465 e. The minimum atomic E-state index is -4.88. The van der Waals surface area contributed by atoms with E-state index in [4.69, 9.17) is 0 Å². The molecule has 0 saturated carbocycles. The Balaban J connectivity index is 3.31. The Kier molecular flexibility index (Phi) is 4.17. The Morgan fingerprint density at radius 2 is 2.06 bits per heavy atom. The van der Waals surface area contributed by atoms with E-state index in [0.29, 0.717) is 3.70 Å². The van der Waals surface area contributed by atoms with E-state index in [-0.39, 0.29) is 11.1 Å². The van der Waals surface area contributed by atoms with Gasteiger partial charge in [-0.1, -0.05) is 0 Å². The number of alkyl halides is 3. The average molecular weight is 361 g/mol. The number of nitrogens with zero attached hydrogens (tertiary/aromatic N) is 1. The zero-order valence-corrected chi connectivity index (χ0v) is 10.9. The first-order chi connectivity index (χ1) is 7.76. The number of carbonyl (C=O) groups is 1. The summed E-state index contributed by atoms with van der Waals surface area (Å²) in [6, 6.07) is 0. The second-order valence-electron chi connectivity index (χ2n) is 2.96. The Hall–Kier alpha value is -1.06. The number of pyridine rings is 1. The molecule has 0 aliphatic carbocycles. The highest BCUT2D eigenvalue weighted by molar-refractivity contribution is 14.1. The summed E-state index contributed by atoms with van der Waals surface area (Å²) in [7, 11) is 1.06. The van der Waals surface area contributed by atoms with Gasteiger partial charge in [-0.25, -0.2) is 9.78 Å². The van der Waals surface area contributed by atoms with E-state index < -0.39 is 18.1 Å². The summed E-state index contributed by atoms with van der Waals surface area (Å²) in [6.07, 6.45) is -3.89. The molecule has 0 N–H and O–H groups in total. The van der Waals surface area contributed by atoms with Crippen molar-refractivity contribution < 1.29 is 27.4 Å². The van der Waals surface area contributed by atoms with Crippen LogP contribution in [0.25, 0.3) is 0 Å². The van der Waals surface area contributed by atoms with Gasteiger partial charge >= 0.3 is 12.3 Å². The summed E-state index contributed by atoms with van der Waals surface area (Å²) in [5, 5.41) is 0. The van der Waals surface area contributed by atoms with Crippen molar-refractivity contribution in [2.45, 2.75) is 13.3 Å². The van der Waals surface area contributed by atoms with Crippen molar-refractivity contribution in [2.75, 3.05) is 7.11 Å². The van der Waals surface area contributed by atoms with Gasteiger partial charge in [0.2, 0.25) is 0 Å². The number of esters is 1. The number of hydrogen-bond acceptors (Lipinski definition) is 4. The molecule has 1 rings (SSSR count). The molecule has 94 valence electrons. The predicted molar refractivity (Wildman–Crippen MR) is 59.7 cm³/mol. The van der Waals surface area contributed by atoms with Crippen LogP contribution in [-0.4, -0.2) is 24.4 Å². The number of ether oxygens (including phenoxy) is 2. The van der Waals surface area contributed by atoms with Crippen LogP contribution < -0.4 is 4.74 Å². The summed E-state index contributed by atoms with van der Waals surface area (Å²) in [6.45, 7) is 1.38. The Morgan fingerprint density at radius 1 is 1.47 bits per heavy atom. The molecule has 0 bridgehead atoms. The van der Waals surface area contributed by atoms with Gasteiger partial charge in [0.25, 0.3) is 0 Å². The van der Waals surface area contributed by atoms with Gasteiger partial charge in [0.15, 0.2) is 5.75 Å². The Labute approximate surface area is 108 Å². The second-order valence-corrected chi connectivity index (χ2v) is 3.98. The lowest BCUT2D eigenvalue weighted by molar-refractivity contribution is -0.275. The number of rotatable bonds is 2. The van der Waals surface area contributed by atoms with Gasteiger partial charge in [0.05, 0.1) is 7.11 Å². The number of halogens is 4. The van der Waals surface area contributed by atoms with Gasteiger partial charge in [-0.2, -0.15) is 0 Å². The lowest BCUT2D eigenvalue weighted by Crippen LogP contribution is -2.20. The second kappa shape index (κ2) is 5.07. The maximum Gasteiger partial charge on any atom is 0.573 e. The highest BCUT2D eigenvalue weighted by Gasteiger charge is 2.34.